The third kappa shape index (κ3) is 5.44. The van der Waals surface area contributed by atoms with Crippen LogP contribution in [0.4, 0.5) is 0 Å². The number of rotatable bonds is 6. The van der Waals surface area contributed by atoms with Crippen molar-refractivity contribution in [1.82, 2.24) is 15.2 Å². The smallest absolute Gasteiger partial charge is 0.188 e. The van der Waals surface area contributed by atoms with Crippen molar-refractivity contribution in [2.45, 2.75) is 19.9 Å². The zero-order chi connectivity index (χ0) is 14.2. The molecule has 0 radical (unpaired) electrons. The van der Waals surface area contributed by atoms with E-state index in [1.54, 1.807) is 11.3 Å². The van der Waals surface area contributed by atoms with Crippen molar-refractivity contribution < 1.29 is 4.74 Å². The van der Waals surface area contributed by atoms with Crippen molar-refractivity contribution in [3.63, 3.8) is 0 Å². The van der Waals surface area contributed by atoms with Crippen LogP contribution in [0, 0.1) is 6.92 Å². The van der Waals surface area contributed by atoms with Gasteiger partial charge in [0.25, 0.3) is 0 Å². The summed E-state index contributed by atoms with van der Waals surface area (Å²) in [6.45, 7) is 8.31. The number of guanidine groups is 1. The first-order valence-electron chi connectivity index (χ1n) is 6.99. The number of aliphatic imine (C=N–C) groups is 1. The van der Waals surface area contributed by atoms with Crippen LogP contribution in [0.2, 0.25) is 0 Å². The molecule has 6 nitrogen and oxygen atoms in total. The van der Waals surface area contributed by atoms with Gasteiger partial charge in [-0.05, 0) is 19.9 Å². The summed E-state index contributed by atoms with van der Waals surface area (Å²) in [6, 6.07) is 0. The molecule has 20 heavy (non-hydrogen) atoms. The largest absolute Gasteiger partial charge is 0.379 e. The van der Waals surface area contributed by atoms with Gasteiger partial charge < -0.3 is 15.8 Å². The van der Waals surface area contributed by atoms with Crippen molar-refractivity contribution >= 4 is 17.3 Å². The Hall–Kier alpha value is -1.18. The molecule has 2 rings (SSSR count). The van der Waals surface area contributed by atoms with Crippen molar-refractivity contribution in [3.8, 4) is 0 Å². The lowest BCUT2D eigenvalue weighted by molar-refractivity contribution is 0.0376. The van der Waals surface area contributed by atoms with Gasteiger partial charge in [0.15, 0.2) is 5.96 Å². The molecule has 0 aliphatic carbocycles. The Morgan fingerprint density at radius 2 is 2.35 bits per heavy atom. The van der Waals surface area contributed by atoms with Gasteiger partial charge in [-0.3, -0.25) is 4.90 Å². The van der Waals surface area contributed by atoms with Crippen LogP contribution in [0.5, 0.6) is 0 Å². The summed E-state index contributed by atoms with van der Waals surface area (Å²) < 4.78 is 5.32. The van der Waals surface area contributed by atoms with E-state index in [9.17, 15) is 0 Å². The normalized spacial score (nSPS) is 17.4. The molecule has 1 aliphatic heterocycles. The number of thiazole rings is 1. The van der Waals surface area contributed by atoms with Crippen LogP contribution in [0.25, 0.3) is 0 Å². The molecule has 0 amide bonds. The van der Waals surface area contributed by atoms with E-state index in [1.165, 1.54) is 0 Å². The maximum absolute atomic E-state index is 5.84. The zero-order valence-electron chi connectivity index (χ0n) is 12.0. The number of nitrogens with one attached hydrogen (secondary N) is 1. The Bertz CT molecular complexity index is 428. The van der Waals surface area contributed by atoms with Crippen molar-refractivity contribution in [3.05, 3.63) is 16.1 Å². The van der Waals surface area contributed by atoms with Crippen LogP contribution in [-0.4, -0.2) is 55.2 Å². The van der Waals surface area contributed by atoms with Gasteiger partial charge in [0.05, 0.1) is 24.8 Å². The highest BCUT2D eigenvalue weighted by Crippen LogP contribution is 2.11. The van der Waals surface area contributed by atoms with Crippen molar-refractivity contribution in [1.29, 1.82) is 0 Å². The Labute approximate surface area is 124 Å². The molecular weight excluding hydrogens is 274 g/mol. The fourth-order valence-corrected chi connectivity index (χ4v) is 2.76. The number of ether oxygens (including phenoxy) is 1. The second-order valence-electron chi connectivity index (χ2n) is 4.78. The van der Waals surface area contributed by atoms with Crippen LogP contribution in [0.3, 0.4) is 0 Å². The van der Waals surface area contributed by atoms with E-state index in [-0.39, 0.29) is 0 Å². The molecule has 1 fully saturated rings. The summed E-state index contributed by atoms with van der Waals surface area (Å²) in [5, 5.41) is 4.22. The van der Waals surface area contributed by atoms with Gasteiger partial charge in [0.1, 0.15) is 0 Å². The summed E-state index contributed by atoms with van der Waals surface area (Å²) >= 11 is 1.66. The van der Waals surface area contributed by atoms with Gasteiger partial charge in [0, 0.05) is 30.7 Å². The van der Waals surface area contributed by atoms with E-state index < -0.39 is 0 Å². The highest BCUT2D eigenvalue weighted by atomic mass is 32.1. The van der Waals surface area contributed by atoms with E-state index in [2.05, 4.69) is 20.2 Å². The first kappa shape index (κ1) is 15.2. The molecule has 1 aromatic rings. The number of hydrogen-bond acceptors (Lipinski definition) is 5. The average molecular weight is 297 g/mol. The van der Waals surface area contributed by atoms with Gasteiger partial charge in [-0.15, -0.1) is 11.3 Å². The Balaban J connectivity index is 1.58. The highest BCUT2D eigenvalue weighted by molar-refractivity contribution is 7.11. The van der Waals surface area contributed by atoms with Crippen LogP contribution in [0.1, 0.15) is 16.3 Å². The maximum Gasteiger partial charge on any atom is 0.188 e. The fourth-order valence-electron chi connectivity index (χ4n) is 2.04. The number of aromatic nitrogens is 1. The van der Waals surface area contributed by atoms with Crippen molar-refractivity contribution in [2.75, 3.05) is 39.4 Å². The van der Waals surface area contributed by atoms with E-state index >= 15 is 0 Å². The number of aryl methyl sites for hydroxylation is 1. The minimum Gasteiger partial charge on any atom is -0.379 e. The van der Waals surface area contributed by atoms with Crippen LogP contribution in [-0.2, 0) is 11.3 Å². The summed E-state index contributed by atoms with van der Waals surface area (Å²) in [5.74, 6) is 0.512. The van der Waals surface area contributed by atoms with Gasteiger partial charge in [-0.2, -0.15) is 0 Å². The number of nitrogens with zero attached hydrogens (tertiary/aromatic N) is 3. The lowest BCUT2D eigenvalue weighted by Crippen LogP contribution is -2.39. The van der Waals surface area contributed by atoms with Gasteiger partial charge in [-0.1, -0.05) is 0 Å². The molecule has 1 aromatic heterocycles. The third-order valence-electron chi connectivity index (χ3n) is 3.14. The first-order valence-corrected chi connectivity index (χ1v) is 7.81. The SMILES string of the molecule is Cc1ncc(CN=C(N)NCCCN2CCOCC2)s1. The summed E-state index contributed by atoms with van der Waals surface area (Å²) in [5.41, 5.74) is 5.84. The lowest BCUT2D eigenvalue weighted by Gasteiger charge is -2.26. The van der Waals surface area contributed by atoms with Crippen molar-refractivity contribution in [2.24, 2.45) is 10.7 Å². The fraction of sp³-hybridized carbons (Fsp3) is 0.692. The summed E-state index contributed by atoms with van der Waals surface area (Å²) in [7, 11) is 0. The number of nitrogens with two attached hydrogens (primary N) is 1. The van der Waals surface area contributed by atoms with Gasteiger partial charge >= 0.3 is 0 Å². The van der Waals surface area contributed by atoms with Crippen LogP contribution in [0.15, 0.2) is 11.2 Å². The quantitative estimate of drug-likeness (QED) is 0.456. The summed E-state index contributed by atoms with van der Waals surface area (Å²) in [4.78, 5) is 12.1. The molecule has 0 spiro atoms. The molecular formula is C13H23N5OS. The molecule has 3 N–H and O–H groups in total. The summed E-state index contributed by atoms with van der Waals surface area (Å²) in [6.07, 6.45) is 2.92. The Morgan fingerprint density at radius 3 is 3.05 bits per heavy atom. The molecule has 7 heteroatoms. The predicted molar refractivity (Wildman–Crippen MR) is 82.1 cm³/mol. The second-order valence-corrected chi connectivity index (χ2v) is 6.10. The molecule has 0 bridgehead atoms. The minimum atomic E-state index is 0.512. The topological polar surface area (TPSA) is 75.8 Å². The van der Waals surface area contributed by atoms with E-state index in [0.717, 1.165) is 55.7 Å². The minimum absolute atomic E-state index is 0.512. The van der Waals surface area contributed by atoms with E-state index in [0.29, 0.717) is 12.5 Å². The Morgan fingerprint density at radius 1 is 1.55 bits per heavy atom. The van der Waals surface area contributed by atoms with E-state index in [1.807, 2.05) is 13.1 Å². The monoisotopic (exact) mass is 297 g/mol. The van der Waals surface area contributed by atoms with Gasteiger partial charge in [-0.25, -0.2) is 9.98 Å². The van der Waals surface area contributed by atoms with Gasteiger partial charge in [0.2, 0.25) is 0 Å². The van der Waals surface area contributed by atoms with Crippen LogP contribution >= 0.6 is 11.3 Å². The number of morpholine rings is 1. The second kappa shape index (κ2) is 8.18. The predicted octanol–water partition coefficient (Wildman–Crippen LogP) is 0.578. The molecule has 1 saturated heterocycles. The highest BCUT2D eigenvalue weighted by Gasteiger charge is 2.08. The third-order valence-corrected chi connectivity index (χ3v) is 4.03. The molecule has 0 saturated carbocycles. The molecule has 0 aromatic carbocycles. The standard InChI is InChI=1S/C13H23N5OS/c1-11-16-9-12(20-11)10-17-13(14)15-3-2-4-18-5-7-19-8-6-18/h9H,2-8,10H2,1H3,(H3,14,15,17). The molecule has 0 unspecified atom stereocenters. The number of hydrogen-bond donors (Lipinski definition) is 2. The Kier molecular flexibility index (Phi) is 6.23. The molecule has 1 aliphatic rings. The van der Waals surface area contributed by atoms with E-state index in [4.69, 9.17) is 10.5 Å². The average Bonchev–Trinajstić information content (AvgIpc) is 2.88. The molecule has 0 atom stereocenters. The maximum atomic E-state index is 5.84. The first-order chi connectivity index (χ1) is 9.74. The van der Waals surface area contributed by atoms with Crippen LogP contribution < -0.4 is 11.1 Å². The molecule has 112 valence electrons. The lowest BCUT2D eigenvalue weighted by atomic mass is 10.3. The molecule has 2 heterocycles. The zero-order valence-corrected chi connectivity index (χ0v) is 12.8.